The van der Waals surface area contributed by atoms with Gasteiger partial charge in [-0.1, -0.05) is 15.9 Å². The fourth-order valence-corrected chi connectivity index (χ4v) is 1.93. The standard InChI is InChI=1S/C9H13BrN2OS/c1-7(3-2-4-10)12-9(13)8-5-14-6-11-8/h5-7H,2-4H2,1H3,(H,12,13). The molecule has 1 atom stereocenters. The molecule has 1 aromatic rings. The number of alkyl halides is 1. The van der Waals surface area contributed by atoms with Crippen LogP contribution in [0.2, 0.25) is 0 Å². The van der Waals surface area contributed by atoms with Gasteiger partial charge in [0.1, 0.15) is 5.69 Å². The van der Waals surface area contributed by atoms with Crippen molar-refractivity contribution in [1.29, 1.82) is 0 Å². The lowest BCUT2D eigenvalue weighted by atomic mass is 10.2. The van der Waals surface area contributed by atoms with Crippen LogP contribution in [0.25, 0.3) is 0 Å². The van der Waals surface area contributed by atoms with Gasteiger partial charge in [-0.05, 0) is 19.8 Å². The van der Waals surface area contributed by atoms with Crippen LogP contribution in [0.3, 0.4) is 0 Å². The van der Waals surface area contributed by atoms with Crippen molar-refractivity contribution in [3.8, 4) is 0 Å². The number of carbonyl (C=O) groups is 1. The number of nitrogens with zero attached hydrogens (tertiary/aromatic N) is 1. The van der Waals surface area contributed by atoms with E-state index in [0.717, 1.165) is 18.2 Å². The van der Waals surface area contributed by atoms with Crippen LogP contribution in [0.15, 0.2) is 10.9 Å². The Morgan fingerprint density at radius 2 is 2.57 bits per heavy atom. The predicted octanol–water partition coefficient (Wildman–Crippen LogP) is 2.44. The maximum absolute atomic E-state index is 11.5. The van der Waals surface area contributed by atoms with Crippen molar-refractivity contribution in [3.05, 3.63) is 16.6 Å². The molecule has 0 saturated carbocycles. The van der Waals surface area contributed by atoms with Gasteiger partial charge in [0.15, 0.2) is 0 Å². The van der Waals surface area contributed by atoms with Gasteiger partial charge in [-0.25, -0.2) is 4.98 Å². The number of hydrogen-bond acceptors (Lipinski definition) is 3. The van der Waals surface area contributed by atoms with Crippen LogP contribution in [-0.4, -0.2) is 22.3 Å². The fraction of sp³-hybridized carbons (Fsp3) is 0.556. The first-order chi connectivity index (χ1) is 6.74. The average Bonchev–Trinajstić information content (AvgIpc) is 2.67. The highest BCUT2D eigenvalue weighted by Gasteiger charge is 2.10. The van der Waals surface area contributed by atoms with Crippen molar-refractivity contribution < 1.29 is 4.79 Å². The second-order valence-corrected chi connectivity index (χ2v) is 4.59. The summed E-state index contributed by atoms with van der Waals surface area (Å²) in [6.07, 6.45) is 2.06. The van der Waals surface area contributed by atoms with Crippen molar-refractivity contribution in [3.63, 3.8) is 0 Å². The SMILES string of the molecule is CC(CCCBr)NC(=O)c1cscn1. The molecule has 1 unspecified atom stereocenters. The van der Waals surface area contributed by atoms with Crippen LogP contribution < -0.4 is 5.32 Å². The first-order valence-corrected chi connectivity index (χ1v) is 6.55. The Kier molecular flexibility index (Phi) is 5.11. The maximum Gasteiger partial charge on any atom is 0.270 e. The maximum atomic E-state index is 11.5. The normalized spacial score (nSPS) is 12.4. The lowest BCUT2D eigenvalue weighted by molar-refractivity contribution is 0.0934. The van der Waals surface area contributed by atoms with Gasteiger partial charge in [0.25, 0.3) is 5.91 Å². The number of hydrogen-bond donors (Lipinski definition) is 1. The lowest BCUT2D eigenvalue weighted by Crippen LogP contribution is -2.32. The quantitative estimate of drug-likeness (QED) is 0.840. The topological polar surface area (TPSA) is 42.0 Å². The summed E-state index contributed by atoms with van der Waals surface area (Å²) in [5.74, 6) is -0.0756. The molecule has 0 spiro atoms. The third kappa shape index (κ3) is 3.75. The number of amides is 1. The van der Waals surface area contributed by atoms with E-state index in [1.807, 2.05) is 6.92 Å². The van der Waals surface area contributed by atoms with Gasteiger partial charge >= 0.3 is 0 Å². The molecular weight excluding hydrogens is 264 g/mol. The Labute approximate surface area is 96.1 Å². The summed E-state index contributed by atoms with van der Waals surface area (Å²) < 4.78 is 0. The van der Waals surface area contributed by atoms with E-state index in [4.69, 9.17) is 0 Å². The van der Waals surface area contributed by atoms with E-state index in [-0.39, 0.29) is 11.9 Å². The molecule has 0 aromatic carbocycles. The number of rotatable bonds is 5. The fourth-order valence-electron chi connectivity index (χ4n) is 1.08. The molecule has 0 bridgehead atoms. The number of aromatic nitrogens is 1. The van der Waals surface area contributed by atoms with Crippen molar-refractivity contribution in [1.82, 2.24) is 10.3 Å². The van der Waals surface area contributed by atoms with Crippen LogP contribution in [0.5, 0.6) is 0 Å². The molecule has 1 heterocycles. The molecule has 78 valence electrons. The molecule has 14 heavy (non-hydrogen) atoms. The van der Waals surface area contributed by atoms with E-state index < -0.39 is 0 Å². The summed E-state index contributed by atoms with van der Waals surface area (Å²) in [5.41, 5.74) is 2.18. The van der Waals surface area contributed by atoms with Crippen molar-refractivity contribution >= 4 is 33.2 Å². The van der Waals surface area contributed by atoms with Crippen LogP contribution >= 0.6 is 27.3 Å². The molecule has 3 nitrogen and oxygen atoms in total. The number of nitrogens with one attached hydrogen (secondary N) is 1. The Hall–Kier alpha value is -0.420. The number of halogens is 1. The zero-order valence-electron chi connectivity index (χ0n) is 8.00. The molecule has 1 aromatic heterocycles. The molecule has 0 radical (unpaired) electrons. The summed E-state index contributed by atoms with van der Waals surface area (Å²) in [5, 5.41) is 5.63. The molecule has 1 N–H and O–H groups in total. The van der Waals surface area contributed by atoms with E-state index in [1.165, 1.54) is 11.3 Å². The van der Waals surface area contributed by atoms with E-state index in [0.29, 0.717) is 5.69 Å². The van der Waals surface area contributed by atoms with Crippen LogP contribution in [0.1, 0.15) is 30.3 Å². The summed E-state index contributed by atoms with van der Waals surface area (Å²) >= 11 is 4.79. The third-order valence-corrected chi connectivity index (χ3v) is 2.96. The summed E-state index contributed by atoms with van der Waals surface area (Å²) in [4.78, 5) is 15.4. The van der Waals surface area contributed by atoms with Gasteiger partial charge < -0.3 is 5.32 Å². The van der Waals surface area contributed by atoms with E-state index in [2.05, 4.69) is 26.2 Å². The molecule has 0 fully saturated rings. The Morgan fingerprint density at radius 1 is 1.79 bits per heavy atom. The summed E-state index contributed by atoms with van der Waals surface area (Å²) in [6.45, 7) is 2.01. The van der Waals surface area contributed by atoms with E-state index >= 15 is 0 Å². The minimum atomic E-state index is -0.0756. The minimum Gasteiger partial charge on any atom is -0.348 e. The van der Waals surface area contributed by atoms with Crippen molar-refractivity contribution in [2.75, 3.05) is 5.33 Å². The predicted molar refractivity (Wildman–Crippen MR) is 62.1 cm³/mol. The Morgan fingerprint density at radius 3 is 3.14 bits per heavy atom. The van der Waals surface area contributed by atoms with E-state index in [1.54, 1.807) is 10.9 Å². The zero-order chi connectivity index (χ0) is 10.4. The number of thiazole rings is 1. The van der Waals surface area contributed by atoms with Gasteiger partial charge in [0, 0.05) is 16.8 Å². The zero-order valence-corrected chi connectivity index (χ0v) is 10.4. The minimum absolute atomic E-state index is 0.0756. The van der Waals surface area contributed by atoms with E-state index in [9.17, 15) is 4.79 Å². The molecule has 5 heteroatoms. The average molecular weight is 277 g/mol. The highest BCUT2D eigenvalue weighted by atomic mass is 79.9. The monoisotopic (exact) mass is 276 g/mol. The highest BCUT2D eigenvalue weighted by molar-refractivity contribution is 9.09. The highest BCUT2D eigenvalue weighted by Crippen LogP contribution is 2.03. The third-order valence-electron chi connectivity index (χ3n) is 1.81. The molecule has 0 saturated heterocycles. The molecule has 1 amide bonds. The van der Waals surface area contributed by atoms with Gasteiger partial charge in [0.2, 0.25) is 0 Å². The first-order valence-electron chi connectivity index (χ1n) is 4.49. The smallest absolute Gasteiger partial charge is 0.270 e. The Balaban J connectivity index is 2.34. The summed E-state index contributed by atoms with van der Waals surface area (Å²) in [6, 6.07) is 0.210. The molecule has 0 aliphatic rings. The molecule has 0 aliphatic heterocycles. The first kappa shape index (κ1) is 11.7. The largest absolute Gasteiger partial charge is 0.348 e. The van der Waals surface area contributed by atoms with Crippen LogP contribution in [-0.2, 0) is 0 Å². The second kappa shape index (κ2) is 6.14. The van der Waals surface area contributed by atoms with Gasteiger partial charge in [0.05, 0.1) is 5.51 Å². The Bertz CT molecular complexity index is 276. The van der Waals surface area contributed by atoms with Crippen molar-refractivity contribution in [2.24, 2.45) is 0 Å². The molecule has 1 rings (SSSR count). The summed E-state index contributed by atoms with van der Waals surface area (Å²) in [7, 11) is 0. The van der Waals surface area contributed by atoms with Gasteiger partial charge in [-0.2, -0.15) is 0 Å². The lowest BCUT2D eigenvalue weighted by Gasteiger charge is -2.11. The molecular formula is C9H13BrN2OS. The van der Waals surface area contributed by atoms with Crippen LogP contribution in [0, 0.1) is 0 Å². The van der Waals surface area contributed by atoms with Gasteiger partial charge in [-0.15, -0.1) is 11.3 Å². The van der Waals surface area contributed by atoms with Crippen LogP contribution in [0.4, 0.5) is 0 Å². The second-order valence-electron chi connectivity index (χ2n) is 3.08. The molecule has 0 aliphatic carbocycles. The van der Waals surface area contributed by atoms with Crippen molar-refractivity contribution in [2.45, 2.75) is 25.8 Å². The van der Waals surface area contributed by atoms with Gasteiger partial charge in [-0.3, -0.25) is 4.79 Å². The number of carbonyl (C=O) groups excluding carboxylic acids is 1.